The Bertz CT molecular complexity index is 107. The van der Waals surface area contributed by atoms with Crippen molar-refractivity contribution in [3.05, 3.63) is 12.7 Å². The van der Waals surface area contributed by atoms with Crippen LogP contribution in [-0.2, 0) is 0 Å². The number of rotatable bonds is 5. The molecule has 11 heavy (non-hydrogen) atoms. The molecule has 2 atom stereocenters. The molecule has 0 rings (SSSR count). The van der Waals surface area contributed by atoms with Crippen molar-refractivity contribution in [3.63, 3.8) is 0 Å². The van der Waals surface area contributed by atoms with Crippen LogP contribution in [0.4, 0.5) is 0 Å². The minimum atomic E-state index is 0.590. The van der Waals surface area contributed by atoms with E-state index in [0.29, 0.717) is 6.04 Å². The minimum absolute atomic E-state index is 0.590. The lowest BCUT2D eigenvalue weighted by molar-refractivity contribution is 0.313. The van der Waals surface area contributed by atoms with Crippen LogP contribution in [0.25, 0.3) is 0 Å². The third-order valence-corrected chi connectivity index (χ3v) is 2.48. The second-order valence-corrected chi connectivity index (χ2v) is 3.52. The molecule has 0 aromatic heterocycles. The van der Waals surface area contributed by atoms with Gasteiger partial charge in [-0.1, -0.05) is 26.8 Å². The predicted octanol–water partition coefficient (Wildman–Crippen LogP) is 2.44. The maximum Gasteiger partial charge on any atom is 0.0126 e. The Labute approximate surface area is 70.9 Å². The monoisotopic (exact) mass is 155 g/mol. The van der Waals surface area contributed by atoms with E-state index in [4.69, 9.17) is 0 Å². The van der Waals surface area contributed by atoms with Gasteiger partial charge in [0.15, 0.2) is 0 Å². The fourth-order valence-corrected chi connectivity index (χ4v) is 1.24. The molecular weight excluding hydrogens is 134 g/mol. The largest absolute Gasteiger partial charge is 0.316 e. The smallest absolute Gasteiger partial charge is 0.0126 e. The van der Waals surface area contributed by atoms with E-state index in [-0.39, 0.29) is 0 Å². The molecule has 1 N–H and O–H groups in total. The van der Waals surface area contributed by atoms with E-state index in [9.17, 15) is 0 Å². The second-order valence-electron chi connectivity index (χ2n) is 3.52. The third kappa shape index (κ3) is 3.57. The average molecular weight is 155 g/mol. The van der Waals surface area contributed by atoms with Gasteiger partial charge in [-0.25, -0.2) is 0 Å². The van der Waals surface area contributed by atoms with E-state index in [0.717, 1.165) is 18.3 Å². The molecule has 0 fully saturated rings. The third-order valence-electron chi connectivity index (χ3n) is 2.48. The van der Waals surface area contributed by atoms with Gasteiger partial charge in [-0.05, 0) is 25.3 Å². The highest BCUT2D eigenvalue weighted by atomic mass is 14.9. The van der Waals surface area contributed by atoms with Crippen molar-refractivity contribution in [1.82, 2.24) is 5.32 Å². The van der Waals surface area contributed by atoms with Crippen LogP contribution in [-0.4, -0.2) is 13.1 Å². The Morgan fingerprint density at radius 3 is 2.18 bits per heavy atom. The summed E-state index contributed by atoms with van der Waals surface area (Å²) < 4.78 is 0. The Morgan fingerprint density at radius 1 is 1.36 bits per heavy atom. The van der Waals surface area contributed by atoms with Gasteiger partial charge in [0, 0.05) is 6.04 Å². The van der Waals surface area contributed by atoms with Crippen molar-refractivity contribution in [1.29, 1.82) is 0 Å². The van der Waals surface area contributed by atoms with E-state index in [2.05, 4.69) is 32.7 Å². The zero-order valence-electron chi connectivity index (χ0n) is 8.22. The number of nitrogens with one attached hydrogen (secondary N) is 1. The molecule has 0 saturated carbocycles. The summed E-state index contributed by atoms with van der Waals surface area (Å²) in [4.78, 5) is 0. The lowest BCUT2D eigenvalue weighted by atomic mass is 9.89. The fourth-order valence-electron chi connectivity index (χ4n) is 1.24. The zero-order valence-corrected chi connectivity index (χ0v) is 8.22. The number of hydrogen-bond donors (Lipinski definition) is 1. The quantitative estimate of drug-likeness (QED) is 0.601. The normalized spacial score (nSPS) is 16.5. The topological polar surface area (TPSA) is 12.0 Å². The summed E-state index contributed by atoms with van der Waals surface area (Å²) in [5.74, 6) is 1.46. The van der Waals surface area contributed by atoms with Gasteiger partial charge >= 0.3 is 0 Å². The average Bonchev–Trinajstić information content (AvgIpc) is 1.98. The van der Waals surface area contributed by atoms with Crippen molar-refractivity contribution >= 4 is 0 Å². The van der Waals surface area contributed by atoms with Crippen LogP contribution >= 0.6 is 0 Å². The molecule has 66 valence electrons. The number of hydrogen-bond acceptors (Lipinski definition) is 1. The molecule has 0 aromatic rings. The highest BCUT2D eigenvalue weighted by Crippen LogP contribution is 2.16. The summed E-state index contributed by atoms with van der Waals surface area (Å²) in [6, 6.07) is 0.590. The summed E-state index contributed by atoms with van der Waals surface area (Å²) in [7, 11) is 2.02. The lowest BCUT2D eigenvalue weighted by Gasteiger charge is -2.25. The highest BCUT2D eigenvalue weighted by molar-refractivity contribution is 4.81. The van der Waals surface area contributed by atoms with Gasteiger partial charge in [0.1, 0.15) is 0 Å². The Morgan fingerprint density at radius 2 is 1.91 bits per heavy atom. The first kappa shape index (κ1) is 10.7. The van der Waals surface area contributed by atoms with Crippen LogP contribution in [0.15, 0.2) is 12.7 Å². The summed E-state index contributed by atoms with van der Waals surface area (Å²) in [6.07, 6.45) is 3.05. The van der Waals surface area contributed by atoms with Gasteiger partial charge in [0.2, 0.25) is 0 Å². The fraction of sp³-hybridized carbons (Fsp3) is 0.800. The molecule has 2 unspecified atom stereocenters. The molecule has 0 saturated heterocycles. The van der Waals surface area contributed by atoms with Crippen molar-refractivity contribution in [2.45, 2.75) is 33.2 Å². The summed E-state index contributed by atoms with van der Waals surface area (Å²) >= 11 is 0. The van der Waals surface area contributed by atoms with Gasteiger partial charge in [-0.2, -0.15) is 0 Å². The summed E-state index contributed by atoms with van der Waals surface area (Å²) in [5.41, 5.74) is 0. The van der Waals surface area contributed by atoms with Crippen LogP contribution in [0.1, 0.15) is 27.2 Å². The van der Waals surface area contributed by atoms with Crippen molar-refractivity contribution in [2.24, 2.45) is 11.8 Å². The maximum atomic E-state index is 3.75. The zero-order chi connectivity index (χ0) is 8.85. The molecule has 0 spiro atoms. The second kappa shape index (κ2) is 5.36. The van der Waals surface area contributed by atoms with E-state index in [1.165, 1.54) is 0 Å². The highest BCUT2D eigenvalue weighted by Gasteiger charge is 2.16. The molecular formula is C10H21N. The van der Waals surface area contributed by atoms with Crippen LogP contribution < -0.4 is 5.32 Å². The first-order chi connectivity index (χ1) is 5.13. The van der Waals surface area contributed by atoms with Crippen molar-refractivity contribution in [3.8, 4) is 0 Å². The van der Waals surface area contributed by atoms with Gasteiger partial charge in [0.05, 0.1) is 0 Å². The van der Waals surface area contributed by atoms with Crippen molar-refractivity contribution in [2.75, 3.05) is 7.05 Å². The van der Waals surface area contributed by atoms with Gasteiger partial charge in [-0.15, -0.1) is 6.58 Å². The van der Waals surface area contributed by atoms with Gasteiger partial charge in [0.25, 0.3) is 0 Å². The molecule has 0 aliphatic rings. The molecule has 0 amide bonds. The standard InChI is InChI=1S/C10H21N/c1-6-7-10(11-5)9(4)8(2)3/h6,8-11H,1,7H2,2-5H3. The van der Waals surface area contributed by atoms with Crippen LogP contribution in [0.5, 0.6) is 0 Å². The molecule has 0 heterocycles. The summed E-state index contributed by atoms with van der Waals surface area (Å²) in [6.45, 7) is 10.6. The van der Waals surface area contributed by atoms with Gasteiger partial charge < -0.3 is 5.32 Å². The Hall–Kier alpha value is -0.300. The molecule has 0 aliphatic carbocycles. The molecule has 0 bridgehead atoms. The molecule has 0 aliphatic heterocycles. The van der Waals surface area contributed by atoms with E-state index in [1.54, 1.807) is 0 Å². The molecule has 0 aromatic carbocycles. The Kier molecular flexibility index (Phi) is 5.22. The molecule has 1 nitrogen and oxygen atoms in total. The van der Waals surface area contributed by atoms with E-state index < -0.39 is 0 Å². The van der Waals surface area contributed by atoms with Gasteiger partial charge in [-0.3, -0.25) is 0 Å². The first-order valence-electron chi connectivity index (χ1n) is 4.41. The maximum absolute atomic E-state index is 3.75. The van der Waals surface area contributed by atoms with Crippen LogP contribution in [0.2, 0.25) is 0 Å². The minimum Gasteiger partial charge on any atom is -0.316 e. The predicted molar refractivity (Wildman–Crippen MR) is 51.7 cm³/mol. The molecule has 1 heteroatoms. The van der Waals surface area contributed by atoms with Crippen LogP contribution in [0, 0.1) is 11.8 Å². The molecule has 0 radical (unpaired) electrons. The van der Waals surface area contributed by atoms with E-state index in [1.807, 2.05) is 13.1 Å². The SMILES string of the molecule is C=CCC(NC)C(C)C(C)C. The van der Waals surface area contributed by atoms with Crippen molar-refractivity contribution < 1.29 is 0 Å². The van der Waals surface area contributed by atoms with Crippen LogP contribution in [0.3, 0.4) is 0 Å². The summed E-state index contributed by atoms with van der Waals surface area (Å²) in [5, 5.41) is 3.31. The first-order valence-corrected chi connectivity index (χ1v) is 4.41. The lowest BCUT2D eigenvalue weighted by Crippen LogP contribution is -2.34. The Balaban J connectivity index is 3.90. The van der Waals surface area contributed by atoms with E-state index >= 15 is 0 Å².